The fourth-order valence-corrected chi connectivity index (χ4v) is 3.15. The number of hydrogen-bond donors (Lipinski definition) is 2. The minimum Gasteiger partial charge on any atom is -0.370 e. The molecule has 1 heterocycles. The number of guanidine groups is 1. The van der Waals surface area contributed by atoms with Gasteiger partial charge in [-0.15, -0.1) is 0 Å². The van der Waals surface area contributed by atoms with Crippen LogP contribution in [-0.2, 0) is 0 Å². The lowest BCUT2D eigenvalue weighted by Gasteiger charge is -2.29. The molecule has 0 saturated carbocycles. The molecule has 3 rings (SSSR count). The van der Waals surface area contributed by atoms with Crippen molar-refractivity contribution < 1.29 is 0 Å². The van der Waals surface area contributed by atoms with Crippen molar-refractivity contribution in [2.45, 2.75) is 18.5 Å². The van der Waals surface area contributed by atoms with Crippen molar-refractivity contribution in [1.29, 1.82) is 0 Å². The first-order valence-corrected chi connectivity index (χ1v) is 7.49. The van der Waals surface area contributed by atoms with Gasteiger partial charge in [0.2, 0.25) is 0 Å². The Labute approximate surface area is 133 Å². The molecule has 5 heteroatoms. The molecule has 0 aliphatic carbocycles. The van der Waals surface area contributed by atoms with Crippen molar-refractivity contribution in [2.24, 2.45) is 10.7 Å². The van der Waals surface area contributed by atoms with E-state index < -0.39 is 0 Å². The monoisotopic (exact) mass is 319 g/mol. The Morgan fingerprint density at radius 2 is 1.52 bits per heavy atom. The normalized spacial score (nSPS) is 21.5. The fraction of sp³-hybridized carbons (Fsp3) is 0.188. The molecule has 2 atom stereocenters. The molecule has 1 aliphatic rings. The largest absolute Gasteiger partial charge is 0.370 e. The molecular formula is C16H15Cl2N3. The van der Waals surface area contributed by atoms with Crippen LogP contribution in [0.5, 0.6) is 0 Å². The highest BCUT2D eigenvalue weighted by molar-refractivity contribution is 6.31. The third kappa shape index (κ3) is 2.99. The Hall–Kier alpha value is -1.71. The fourth-order valence-electron chi connectivity index (χ4n) is 2.62. The minimum absolute atomic E-state index is 0.0254. The number of nitrogens with two attached hydrogens (primary N) is 1. The predicted molar refractivity (Wildman–Crippen MR) is 87.8 cm³/mol. The van der Waals surface area contributed by atoms with Crippen LogP contribution in [0.15, 0.2) is 53.5 Å². The van der Waals surface area contributed by atoms with Crippen LogP contribution in [0.3, 0.4) is 0 Å². The molecule has 3 N–H and O–H groups in total. The van der Waals surface area contributed by atoms with E-state index in [0.29, 0.717) is 11.0 Å². The summed E-state index contributed by atoms with van der Waals surface area (Å²) in [4.78, 5) is 4.47. The highest BCUT2D eigenvalue weighted by Crippen LogP contribution is 2.37. The second-order valence-electron chi connectivity index (χ2n) is 5.01. The number of halogens is 2. The van der Waals surface area contributed by atoms with E-state index in [2.05, 4.69) is 10.3 Å². The number of hydrogen-bond acceptors (Lipinski definition) is 3. The van der Waals surface area contributed by atoms with Gasteiger partial charge in [0.1, 0.15) is 0 Å². The van der Waals surface area contributed by atoms with Gasteiger partial charge in [0.25, 0.3) is 0 Å². The van der Waals surface area contributed by atoms with Gasteiger partial charge in [-0.25, -0.2) is 4.99 Å². The van der Waals surface area contributed by atoms with Gasteiger partial charge in [0.15, 0.2) is 5.96 Å². The zero-order valence-electron chi connectivity index (χ0n) is 11.3. The summed E-state index contributed by atoms with van der Waals surface area (Å²) in [6.45, 7) is 0. The van der Waals surface area contributed by atoms with Gasteiger partial charge >= 0.3 is 0 Å². The Kier molecular flexibility index (Phi) is 4.04. The molecule has 3 nitrogen and oxygen atoms in total. The lowest BCUT2D eigenvalue weighted by molar-refractivity contribution is 0.487. The summed E-state index contributed by atoms with van der Waals surface area (Å²) in [5.74, 6) is 0.413. The molecule has 0 saturated heterocycles. The van der Waals surface area contributed by atoms with E-state index in [4.69, 9.17) is 28.9 Å². The third-order valence-corrected chi connectivity index (χ3v) is 4.31. The van der Waals surface area contributed by atoms with Gasteiger partial charge in [-0.05, 0) is 29.7 Å². The van der Waals surface area contributed by atoms with Gasteiger partial charge in [-0.3, -0.25) is 0 Å². The van der Waals surface area contributed by atoms with E-state index in [1.54, 1.807) is 0 Å². The molecule has 0 radical (unpaired) electrons. The minimum atomic E-state index is -0.0683. The van der Waals surface area contributed by atoms with Crippen LogP contribution < -0.4 is 11.1 Å². The van der Waals surface area contributed by atoms with E-state index in [0.717, 1.165) is 22.6 Å². The number of rotatable bonds is 2. The number of nitrogens with zero attached hydrogens (tertiary/aromatic N) is 1. The summed E-state index contributed by atoms with van der Waals surface area (Å²) in [5, 5.41) is 4.62. The van der Waals surface area contributed by atoms with Crippen molar-refractivity contribution in [3.8, 4) is 0 Å². The summed E-state index contributed by atoms with van der Waals surface area (Å²) < 4.78 is 0. The van der Waals surface area contributed by atoms with Gasteiger partial charge in [0, 0.05) is 10.0 Å². The van der Waals surface area contributed by atoms with Gasteiger partial charge in [0.05, 0.1) is 12.1 Å². The summed E-state index contributed by atoms with van der Waals surface area (Å²) in [6, 6.07) is 15.4. The molecule has 1 aliphatic heterocycles. The lowest BCUT2D eigenvalue weighted by atomic mass is 9.94. The van der Waals surface area contributed by atoms with Crippen molar-refractivity contribution in [3.63, 3.8) is 0 Å². The van der Waals surface area contributed by atoms with E-state index >= 15 is 0 Å². The molecule has 0 amide bonds. The summed E-state index contributed by atoms with van der Waals surface area (Å²) >= 11 is 12.6. The van der Waals surface area contributed by atoms with E-state index in [1.165, 1.54) is 0 Å². The van der Waals surface area contributed by atoms with Crippen LogP contribution in [0.1, 0.15) is 29.6 Å². The second kappa shape index (κ2) is 5.96. The Morgan fingerprint density at radius 3 is 2.14 bits per heavy atom. The molecule has 0 spiro atoms. The number of aliphatic imine (C=N–C) groups is 1. The van der Waals surface area contributed by atoms with Crippen molar-refractivity contribution in [2.75, 3.05) is 0 Å². The second-order valence-corrected chi connectivity index (χ2v) is 5.82. The maximum Gasteiger partial charge on any atom is 0.189 e. The predicted octanol–water partition coefficient (Wildman–Crippen LogP) is 4.08. The molecule has 2 aromatic rings. The third-order valence-electron chi connectivity index (χ3n) is 3.62. The maximum absolute atomic E-state index is 6.28. The first-order valence-electron chi connectivity index (χ1n) is 6.74. The maximum atomic E-state index is 6.28. The highest BCUT2D eigenvalue weighted by atomic mass is 35.5. The van der Waals surface area contributed by atoms with Gasteiger partial charge in [-0.1, -0.05) is 59.6 Å². The van der Waals surface area contributed by atoms with E-state index in [9.17, 15) is 0 Å². The average Bonchev–Trinajstić information content (AvgIpc) is 2.47. The molecule has 0 bridgehead atoms. The van der Waals surface area contributed by atoms with E-state index in [-0.39, 0.29) is 12.1 Å². The Bertz CT molecular complexity index is 685. The van der Waals surface area contributed by atoms with Crippen molar-refractivity contribution in [3.05, 3.63) is 69.7 Å². The SMILES string of the molecule is NC1=NC(c2ccccc2Cl)CC(c2ccccc2Cl)N1. The van der Waals surface area contributed by atoms with Crippen LogP contribution in [0.25, 0.3) is 0 Å². The van der Waals surface area contributed by atoms with Crippen LogP contribution in [0.4, 0.5) is 0 Å². The Balaban J connectivity index is 1.94. The molecule has 21 heavy (non-hydrogen) atoms. The van der Waals surface area contributed by atoms with Crippen LogP contribution in [0, 0.1) is 0 Å². The summed E-state index contributed by atoms with van der Waals surface area (Å²) in [6.07, 6.45) is 0.758. The van der Waals surface area contributed by atoms with Gasteiger partial charge < -0.3 is 11.1 Å². The Morgan fingerprint density at radius 1 is 0.952 bits per heavy atom. The lowest BCUT2D eigenvalue weighted by Crippen LogP contribution is -2.39. The highest BCUT2D eigenvalue weighted by Gasteiger charge is 2.26. The molecular weight excluding hydrogens is 305 g/mol. The van der Waals surface area contributed by atoms with E-state index in [1.807, 2.05) is 48.5 Å². The molecule has 0 aromatic heterocycles. The number of nitrogens with one attached hydrogen (secondary N) is 1. The summed E-state index contributed by atoms with van der Waals surface area (Å²) in [7, 11) is 0. The molecule has 0 fully saturated rings. The quantitative estimate of drug-likeness (QED) is 0.876. The van der Waals surface area contributed by atoms with Crippen molar-refractivity contribution in [1.82, 2.24) is 5.32 Å². The average molecular weight is 320 g/mol. The van der Waals surface area contributed by atoms with Crippen LogP contribution in [-0.4, -0.2) is 5.96 Å². The van der Waals surface area contributed by atoms with Crippen LogP contribution in [0.2, 0.25) is 10.0 Å². The number of benzene rings is 2. The molecule has 2 aromatic carbocycles. The van der Waals surface area contributed by atoms with Crippen molar-refractivity contribution >= 4 is 29.2 Å². The molecule has 108 valence electrons. The first kappa shape index (κ1) is 14.2. The first-order chi connectivity index (χ1) is 10.1. The van der Waals surface area contributed by atoms with Crippen LogP contribution >= 0.6 is 23.2 Å². The molecule has 2 unspecified atom stereocenters. The smallest absolute Gasteiger partial charge is 0.189 e. The summed E-state index contributed by atoms with van der Waals surface area (Å²) in [5.41, 5.74) is 7.95. The zero-order valence-corrected chi connectivity index (χ0v) is 12.8. The van der Waals surface area contributed by atoms with Gasteiger partial charge in [-0.2, -0.15) is 0 Å². The topological polar surface area (TPSA) is 50.4 Å². The standard InChI is InChI=1S/C16H15Cl2N3/c17-12-7-3-1-5-10(12)14-9-15(21-16(19)20-14)11-6-2-4-8-13(11)18/h1-8,14-15H,9H2,(H3,19,20,21). The zero-order chi connectivity index (χ0) is 14.8.